The maximum absolute atomic E-state index is 13.2. The molecule has 3 aromatic rings. The Morgan fingerprint density at radius 3 is 2.11 bits per heavy atom. The van der Waals surface area contributed by atoms with Crippen molar-refractivity contribution < 1.29 is 9.13 Å². The third kappa shape index (κ3) is 6.94. The molecule has 0 aliphatic carbocycles. The molecule has 2 saturated heterocycles. The SMILES string of the molecule is Fc1ccc(COc2ccc(Br)cc2/C=N\Nc2nc(N3CCCCC3)nc(N3CCCCC3)n2)cc1. The van der Waals surface area contributed by atoms with Crippen LogP contribution in [0.15, 0.2) is 52.0 Å². The van der Waals surface area contributed by atoms with Crippen molar-refractivity contribution in [2.45, 2.75) is 45.1 Å². The number of rotatable bonds is 8. The first-order valence-electron chi connectivity index (χ1n) is 12.9. The van der Waals surface area contributed by atoms with Gasteiger partial charge in [0.25, 0.3) is 0 Å². The maximum atomic E-state index is 13.2. The molecule has 0 saturated carbocycles. The largest absolute Gasteiger partial charge is 0.488 e. The van der Waals surface area contributed by atoms with Crippen molar-refractivity contribution in [3.05, 3.63) is 63.9 Å². The van der Waals surface area contributed by atoms with E-state index in [2.05, 4.69) is 46.2 Å². The van der Waals surface area contributed by atoms with E-state index in [4.69, 9.17) is 9.72 Å². The smallest absolute Gasteiger partial charge is 0.250 e. The summed E-state index contributed by atoms with van der Waals surface area (Å²) in [4.78, 5) is 18.7. The van der Waals surface area contributed by atoms with Crippen LogP contribution < -0.4 is 20.0 Å². The summed E-state index contributed by atoms with van der Waals surface area (Å²) >= 11 is 3.52. The van der Waals surface area contributed by atoms with Crippen LogP contribution in [0.1, 0.15) is 49.7 Å². The van der Waals surface area contributed by atoms with Crippen LogP contribution in [0.4, 0.5) is 22.2 Å². The van der Waals surface area contributed by atoms with Gasteiger partial charge in [-0.2, -0.15) is 20.1 Å². The van der Waals surface area contributed by atoms with Gasteiger partial charge < -0.3 is 14.5 Å². The quantitative estimate of drug-likeness (QED) is 0.273. The van der Waals surface area contributed by atoms with E-state index >= 15 is 0 Å². The highest BCUT2D eigenvalue weighted by Gasteiger charge is 2.20. The molecule has 1 N–H and O–H groups in total. The number of hydrogen-bond donors (Lipinski definition) is 1. The zero-order chi connectivity index (χ0) is 25.5. The number of benzene rings is 2. The summed E-state index contributed by atoms with van der Waals surface area (Å²) < 4.78 is 20.1. The van der Waals surface area contributed by atoms with Gasteiger partial charge in [-0.15, -0.1) is 0 Å². The van der Waals surface area contributed by atoms with Gasteiger partial charge in [0.15, 0.2) is 0 Å². The summed E-state index contributed by atoms with van der Waals surface area (Å²) in [7, 11) is 0. The van der Waals surface area contributed by atoms with E-state index in [1.54, 1.807) is 18.3 Å². The molecule has 5 rings (SSSR count). The molecular weight excluding hydrogens is 537 g/mol. The zero-order valence-corrected chi connectivity index (χ0v) is 22.3. The molecule has 0 atom stereocenters. The zero-order valence-electron chi connectivity index (χ0n) is 20.7. The Bertz CT molecular complexity index is 1180. The van der Waals surface area contributed by atoms with Gasteiger partial charge in [-0.25, -0.2) is 9.82 Å². The van der Waals surface area contributed by atoms with E-state index in [-0.39, 0.29) is 5.82 Å². The van der Waals surface area contributed by atoms with Gasteiger partial charge in [-0.3, -0.25) is 0 Å². The molecule has 0 radical (unpaired) electrons. The summed E-state index contributed by atoms with van der Waals surface area (Å²) in [6.45, 7) is 4.15. The number of anilines is 3. The second-order valence-corrected chi connectivity index (χ2v) is 10.2. The number of nitrogens with zero attached hydrogens (tertiary/aromatic N) is 6. The van der Waals surface area contributed by atoms with Crippen molar-refractivity contribution in [3.8, 4) is 5.75 Å². The van der Waals surface area contributed by atoms with Crippen molar-refractivity contribution in [2.75, 3.05) is 41.4 Å². The predicted octanol–water partition coefficient (Wildman–Crippen LogP) is 5.78. The maximum Gasteiger partial charge on any atom is 0.250 e. The predicted molar refractivity (Wildman–Crippen MR) is 148 cm³/mol. The monoisotopic (exact) mass is 567 g/mol. The molecule has 194 valence electrons. The molecule has 0 spiro atoms. The second kappa shape index (κ2) is 12.3. The van der Waals surface area contributed by atoms with Crippen molar-refractivity contribution in [1.82, 2.24) is 15.0 Å². The highest BCUT2D eigenvalue weighted by molar-refractivity contribution is 9.10. The topological polar surface area (TPSA) is 78.8 Å². The molecule has 37 heavy (non-hydrogen) atoms. The minimum absolute atomic E-state index is 0.267. The summed E-state index contributed by atoms with van der Waals surface area (Å²) in [5.74, 6) is 2.24. The molecule has 1 aromatic heterocycles. The van der Waals surface area contributed by atoms with Crippen molar-refractivity contribution in [2.24, 2.45) is 5.10 Å². The average Bonchev–Trinajstić information content (AvgIpc) is 2.94. The normalized spacial score (nSPS) is 16.3. The highest BCUT2D eigenvalue weighted by Crippen LogP contribution is 2.24. The highest BCUT2D eigenvalue weighted by atomic mass is 79.9. The molecule has 0 amide bonds. The van der Waals surface area contributed by atoms with Gasteiger partial charge in [0.2, 0.25) is 17.8 Å². The minimum Gasteiger partial charge on any atom is -0.488 e. The molecule has 0 bridgehead atoms. The van der Waals surface area contributed by atoms with E-state index in [0.29, 0.717) is 30.2 Å². The number of nitrogens with one attached hydrogen (secondary N) is 1. The molecule has 8 nitrogen and oxygen atoms in total. The Labute approximate surface area is 225 Å². The molecule has 2 aromatic carbocycles. The Hall–Kier alpha value is -3.27. The van der Waals surface area contributed by atoms with Crippen LogP contribution in [0.25, 0.3) is 0 Å². The summed E-state index contributed by atoms with van der Waals surface area (Å²) in [6.07, 6.45) is 8.77. The van der Waals surface area contributed by atoms with Gasteiger partial charge in [-0.05, 0) is 74.4 Å². The molecule has 0 unspecified atom stereocenters. The first kappa shape index (κ1) is 25.4. The Balaban J connectivity index is 1.33. The van der Waals surface area contributed by atoms with Gasteiger partial charge in [-0.1, -0.05) is 28.1 Å². The minimum atomic E-state index is -0.267. The number of hydrazone groups is 1. The first-order chi connectivity index (χ1) is 18.1. The summed E-state index contributed by atoms with van der Waals surface area (Å²) in [5, 5.41) is 4.44. The lowest BCUT2D eigenvalue weighted by atomic mass is 10.1. The van der Waals surface area contributed by atoms with Crippen molar-refractivity contribution in [1.29, 1.82) is 0 Å². The van der Waals surface area contributed by atoms with Gasteiger partial charge in [0.05, 0.1) is 6.21 Å². The van der Waals surface area contributed by atoms with Gasteiger partial charge >= 0.3 is 0 Å². The van der Waals surface area contributed by atoms with Crippen LogP contribution in [-0.4, -0.2) is 47.3 Å². The number of halogens is 2. The van der Waals surface area contributed by atoms with Crippen LogP contribution in [0.2, 0.25) is 0 Å². The molecule has 3 heterocycles. The number of ether oxygens (including phenoxy) is 1. The van der Waals surface area contributed by atoms with Crippen LogP contribution in [0.3, 0.4) is 0 Å². The fraction of sp³-hybridized carbons (Fsp3) is 0.407. The van der Waals surface area contributed by atoms with E-state index in [1.165, 1.54) is 25.0 Å². The second-order valence-electron chi connectivity index (χ2n) is 9.32. The Morgan fingerprint density at radius 2 is 1.49 bits per heavy atom. The van der Waals surface area contributed by atoms with Gasteiger partial charge in [0, 0.05) is 36.2 Å². The standard InChI is InChI=1S/C27H31BrFN7O/c28-22-9-12-24(37-19-20-7-10-23(29)11-8-20)21(17-22)18-30-34-25-31-26(35-13-3-1-4-14-35)33-27(32-25)36-15-5-2-6-16-36/h7-12,17-18H,1-6,13-16,19H2,(H,31,32,33,34)/b30-18-. The fourth-order valence-electron chi connectivity index (χ4n) is 4.53. The summed E-state index contributed by atoms with van der Waals surface area (Å²) in [5.41, 5.74) is 4.68. The van der Waals surface area contributed by atoms with E-state index in [0.717, 1.165) is 67.5 Å². The third-order valence-electron chi connectivity index (χ3n) is 6.54. The van der Waals surface area contributed by atoms with Crippen molar-refractivity contribution in [3.63, 3.8) is 0 Å². The lowest BCUT2D eigenvalue weighted by Gasteiger charge is -2.30. The molecule has 10 heteroatoms. The van der Waals surface area contributed by atoms with Gasteiger partial charge in [0.1, 0.15) is 18.2 Å². The lowest BCUT2D eigenvalue weighted by molar-refractivity contribution is 0.305. The first-order valence-corrected chi connectivity index (χ1v) is 13.7. The van der Waals surface area contributed by atoms with Crippen LogP contribution in [-0.2, 0) is 6.61 Å². The third-order valence-corrected chi connectivity index (χ3v) is 7.03. The number of piperidine rings is 2. The van der Waals surface area contributed by atoms with Crippen LogP contribution in [0.5, 0.6) is 5.75 Å². The van der Waals surface area contributed by atoms with Crippen LogP contribution >= 0.6 is 15.9 Å². The Morgan fingerprint density at radius 1 is 0.865 bits per heavy atom. The van der Waals surface area contributed by atoms with E-state index in [1.807, 2.05) is 18.2 Å². The molecule has 2 aliphatic rings. The number of hydrogen-bond acceptors (Lipinski definition) is 8. The average molecular weight is 568 g/mol. The van der Waals surface area contributed by atoms with Crippen LogP contribution in [0, 0.1) is 5.82 Å². The molecular formula is C27H31BrFN7O. The molecule has 2 aliphatic heterocycles. The fourth-order valence-corrected chi connectivity index (χ4v) is 4.91. The lowest BCUT2D eigenvalue weighted by Crippen LogP contribution is -2.34. The van der Waals surface area contributed by atoms with E-state index < -0.39 is 0 Å². The van der Waals surface area contributed by atoms with E-state index in [9.17, 15) is 4.39 Å². The van der Waals surface area contributed by atoms with Crippen molar-refractivity contribution >= 4 is 40.0 Å². The molecule has 2 fully saturated rings. The number of aromatic nitrogens is 3. The Kier molecular flexibility index (Phi) is 8.45. The summed E-state index contributed by atoms with van der Waals surface area (Å²) in [6, 6.07) is 12.0.